The molecule has 0 aliphatic rings. The van der Waals surface area contributed by atoms with Gasteiger partial charge in [0.2, 0.25) is 0 Å². The van der Waals surface area contributed by atoms with Crippen LogP contribution in [0, 0.1) is 13.8 Å². The van der Waals surface area contributed by atoms with Crippen LogP contribution in [0.25, 0.3) is 11.3 Å². The summed E-state index contributed by atoms with van der Waals surface area (Å²) < 4.78 is 0. The van der Waals surface area contributed by atoms with Crippen molar-refractivity contribution in [3.8, 4) is 11.3 Å². The molecule has 2 rings (SSSR count). The van der Waals surface area contributed by atoms with Gasteiger partial charge in [-0.1, -0.05) is 29.8 Å². The second-order valence-corrected chi connectivity index (χ2v) is 5.17. The van der Waals surface area contributed by atoms with Crippen LogP contribution in [0.15, 0.2) is 36.4 Å². The fraction of sp³-hybridized carbons (Fsp3) is 0.333. The standard InChI is InChI=1S/C18H22N2O/c1-5-20(6-2)18(21)16-11-12-17(19-14(16)4)15-9-7-13(3)8-10-15/h7-12H,5-6H2,1-4H3. The zero-order valence-electron chi connectivity index (χ0n) is 13.2. The minimum Gasteiger partial charge on any atom is -0.339 e. The van der Waals surface area contributed by atoms with E-state index >= 15 is 0 Å². The molecular weight excluding hydrogens is 260 g/mol. The molecule has 0 fully saturated rings. The number of amides is 1. The molecule has 1 amide bonds. The third-order valence-corrected chi connectivity index (χ3v) is 3.71. The molecule has 0 aliphatic carbocycles. The third-order valence-electron chi connectivity index (χ3n) is 3.71. The number of hydrogen-bond acceptors (Lipinski definition) is 2. The average molecular weight is 282 g/mol. The molecule has 0 N–H and O–H groups in total. The zero-order valence-corrected chi connectivity index (χ0v) is 13.2. The van der Waals surface area contributed by atoms with E-state index in [4.69, 9.17) is 0 Å². The molecule has 1 aromatic carbocycles. The molecule has 0 spiro atoms. The van der Waals surface area contributed by atoms with E-state index < -0.39 is 0 Å². The van der Waals surface area contributed by atoms with Gasteiger partial charge >= 0.3 is 0 Å². The Balaban J connectivity index is 2.33. The van der Waals surface area contributed by atoms with Gasteiger partial charge in [-0.05, 0) is 39.8 Å². The first-order chi connectivity index (χ1) is 10.1. The summed E-state index contributed by atoms with van der Waals surface area (Å²) in [6.45, 7) is 9.38. The lowest BCUT2D eigenvalue weighted by Gasteiger charge is -2.19. The van der Waals surface area contributed by atoms with Gasteiger partial charge in [-0.3, -0.25) is 9.78 Å². The first-order valence-electron chi connectivity index (χ1n) is 7.40. The summed E-state index contributed by atoms with van der Waals surface area (Å²) in [6, 6.07) is 12.1. The zero-order chi connectivity index (χ0) is 15.4. The highest BCUT2D eigenvalue weighted by molar-refractivity contribution is 5.95. The van der Waals surface area contributed by atoms with Gasteiger partial charge in [0, 0.05) is 18.7 Å². The Morgan fingerprint density at radius 1 is 1.00 bits per heavy atom. The van der Waals surface area contributed by atoms with Crippen LogP contribution in [0.2, 0.25) is 0 Å². The number of carbonyl (C=O) groups excluding carboxylic acids is 1. The predicted molar refractivity (Wildman–Crippen MR) is 86.4 cm³/mol. The summed E-state index contributed by atoms with van der Waals surface area (Å²) in [7, 11) is 0. The summed E-state index contributed by atoms with van der Waals surface area (Å²) in [5, 5.41) is 0. The minimum atomic E-state index is 0.0560. The lowest BCUT2D eigenvalue weighted by Crippen LogP contribution is -2.31. The van der Waals surface area contributed by atoms with Gasteiger partial charge in [0.25, 0.3) is 5.91 Å². The highest BCUT2D eigenvalue weighted by Gasteiger charge is 2.16. The predicted octanol–water partition coefficient (Wildman–Crippen LogP) is 3.85. The van der Waals surface area contributed by atoms with E-state index in [-0.39, 0.29) is 5.91 Å². The van der Waals surface area contributed by atoms with Gasteiger partial charge in [-0.25, -0.2) is 0 Å². The third kappa shape index (κ3) is 3.30. The van der Waals surface area contributed by atoms with E-state index in [0.29, 0.717) is 18.7 Å². The summed E-state index contributed by atoms with van der Waals surface area (Å²) in [5.41, 5.74) is 4.68. The Hall–Kier alpha value is -2.16. The highest BCUT2D eigenvalue weighted by Crippen LogP contribution is 2.20. The highest BCUT2D eigenvalue weighted by atomic mass is 16.2. The molecule has 0 aliphatic heterocycles. The second kappa shape index (κ2) is 6.53. The number of hydrogen-bond donors (Lipinski definition) is 0. The molecule has 21 heavy (non-hydrogen) atoms. The topological polar surface area (TPSA) is 33.2 Å². The fourth-order valence-corrected chi connectivity index (χ4v) is 2.35. The Labute approximate surface area is 126 Å². The molecule has 2 aromatic rings. The van der Waals surface area contributed by atoms with E-state index in [0.717, 1.165) is 17.0 Å². The number of benzene rings is 1. The summed E-state index contributed by atoms with van der Waals surface area (Å²) in [4.78, 5) is 18.8. The molecule has 1 aromatic heterocycles. The normalized spacial score (nSPS) is 10.5. The Morgan fingerprint density at radius 2 is 1.62 bits per heavy atom. The van der Waals surface area contributed by atoms with Crippen molar-refractivity contribution < 1.29 is 4.79 Å². The molecule has 0 atom stereocenters. The first-order valence-corrected chi connectivity index (χ1v) is 7.40. The first kappa shape index (κ1) is 15.2. The van der Waals surface area contributed by atoms with Crippen LogP contribution in [0.4, 0.5) is 0 Å². The van der Waals surface area contributed by atoms with Crippen molar-refractivity contribution in [2.24, 2.45) is 0 Å². The molecule has 0 radical (unpaired) electrons. The van der Waals surface area contributed by atoms with E-state index in [1.165, 1.54) is 5.56 Å². The van der Waals surface area contributed by atoms with Crippen molar-refractivity contribution in [2.75, 3.05) is 13.1 Å². The average Bonchev–Trinajstić information content (AvgIpc) is 2.49. The van der Waals surface area contributed by atoms with Gasteiger partial charge in [-0.15, -0.1) is 0 Å². The molecule has 110 valence electrons. The van der Waals surface area contributed by atoms with Crippen molar-refractivity contribution >= 4 is 5.91 Å². The Morgan fingerprint density at radius 3 is 2.14 bits per heavy atom. The van der Waals surface area contributed by atoms with Crippen molar-refractivity contribution in [1.82, 2.24) is 9.88 Å². The molecule has 0 saturated carbocycles. The van der Waals surface area contributed by atoms with Gasteiger partial charge < -0.3 is 4.90 Å². The van der Waals surface area contributed by atoms with Crippen molar-refractivity contribution in [3.63, 3.8) is 0 Å². The van der Waals surface area contributed by atoms with Crippen LogP contribution in [-0.4, -0.2) is 28.9 Å². The lowest BCUT2D eigenvalue weighted by atomic mass is 10.1. The molecule has 0 unspecified atom stereocenters. The molecule has 0 bridgehead atoms. The van der Waals surface area contributed by atoms with Crippen LogP contribution in [0.3, 0.4) is 0 Å². The van der Waals surface area contributed by atoms with E-state index in [1.54, 1.807) is 0 Å². The van der Waals surface area contributed by atoms with Crippen LogP contribution in [0.5, 0.6) is 0 Å². The Bertz CT molecular complexity index is 628. The van der Waals surface area contributed by atoms with Gasteiger partial charge in [-0.2, -0.15) is 0 Å². The van der Waals surface area contributed by atoms with Crippen molar-refractivity contribution in [1.29, 1.82) is 0 Å². The van der Waals surface area contributed by atoms with Crippen molar-refractivity contribution in [3.05, 3.63) is 53.2 Å². The van der Waals surface area contributed by atoms with Gasteiger partial charge in [0.05, 0.1) is 17.0 Å². The number of aryl methyl sites for hydroxylation is 2. The monoisotopic (exact) mass is 282 g/mol. The van der Waals surface area contributed by atoms with E-state index in [2.05, 4.69) is 36.2 Å². The quantitative estimate of drug-likeness (QED) is 0.853. The van der Waals surface area contributed by atoms with Crippen LogP contribution in [-0.2, 0) is 0 Å². The molecule has 3 heteroatoms. The van der Waals surface area contributed by atoms with Crippen LogP contribution < -0.4 is 0 Å². The van der Waals surface area contributed by atoms with E-state index in [9.17, 15) is 4.79 Å². The molecular formula is C18H22N2O. The molecule has 0 saturated heterocycles. The smallest absolute Gasteiger partial charge is 0.255 e. The van der Waals surface area contributed by atoms with Crippen molar-refractivity contribution in [2.45, 2.75) is 27.7 Å². The van der Waals surface area contributed by atoms with Gasteiger partial charge in [0.15, 0.2) is 0 Å². The van der Waals surface area contributed by atoms with Crippen LogP contribution in [0.1, 0.15) is 35.5 Å². The molecule has 3 nitrogen and oxygen atoms in total. The maximum Gasteiger partial charge on any atom is 0.255 e. The number of rotatable bonds is 4. The minimum absolute atomic E-state index is 0.0560. The fourth-order valence-electron chi connectivity index (χ4n) is 2.35. The number of carbonyl (C=O) groups is 1. The largest absolute Gasteiger partial charge is 0.339 e. The van der Waals surface area contributed by atoms with Gasteiger partial charge in [0.1, 0.15) is 0 Å². The summed E-state index contributed by atoms with van der Waals surface area (Å²) in [5.74, 6) is 0.0560. The Kier molecular flexibility index (Phi) is 4.73. The lowest BCUT2D eigenvalue weighted by molar-refractivity contribution is 0.0772. The number of pyridine rings is 1. The number of nitrogens with zero attached hydrogens (tertiary/aromatic N) is 2. The summed E-state index contributed by atoms with van der Waals surface area (Å²) in [6.07, 6.45) is 0. The maximum atomic E-state index is 12.4. The van der Waals surface area contributed by atoms with E-state index in [1.807, 2.05) is 37.8 Å². The van der Waals surface area contributed by atoms with Crippen LogP contribution >= 0.6 is 0 Å². The second-order valence-electron chi connectivity index (χ2n) is 5.17. The SMILES string of the molecule is CCN(CC)C(=O)c1ccc(-c2ccc(C)cc2)nc1C. The maximum absolute atomic E-state index is 12.4. The summed E-state index contributed by atoms with van der Waals surface area (Å²) >= 11 is 0. The number of aromatic nitrogens is 1. The molecule has 1 heterocycles.